The van der Waals surface area contributed by atoms with Crippen molar-refractivity contribution in [3.8, 4) is 0 Å². The molecule has 2 saturated heterocycles. The van der Waals surface area contributed by atoms with Crippen molar-refractivity contribution >= 4 is 11.6 Å². The van der Waals surface area contributed by atoms with E-state index in [9.17, 15) is 9.18 Å². The number of benzene rings is 1. The molecule has 1 amide bonds. The Hall–Kier alpha value is -3.24. The Kier molecular flexibility index (Phi) is 5.80. The van der Waals surface area contributed by atoms with Gasteiger partial charge in [-0.15, -0.1) is 10.2 Å². The van der Waals surface area contributed by atoms with Gasteiger partial charge in [-0.25, -0.2) is 14.4 Å². The standard InChI is InChI=1S/C26H30FN7O2/c1-16(34-11-19(27)12-34)21-9-22(31-24(30-21)17-6-7-17)25(35)29-20-5-3-4-18(8-20)26(13-36-14-26)10-23-32-28-15-33(23)2/h3-5,8-9,15-17,19H,6-7,10-14H2,1-2H3,(H,29,35). The number of halogens is 1. The minimum Gasteiger partial charge on any atom is -0.379 e. The van der Waals surface area contributed by atoms with E-state index in [4.69, 9.17) is 9.72 Å². The van der Waals surface area contributed by atoms with Crippen molar-refractivity contribution in [2.45, 2.75) is 49.7 Å². The van der Waals surface area contributed by atoms with E-state index in [1.54, 1.807) is 12.4 Å². The minimum atomic E-state index is -0.787. The Morgan fingerprint density at radius 2 is 2.06 bits per heavy atom. The average molecular weight is 492 g/mol. The first kappa shape index (κ1) is 23.2. The van der Waals surface area contributed by atoms with Crippen molar-refractivity contribution < 1.29 is 13.9 Å². The summed E-state index contributed by atoms with van der Waals surface area (Å²) in [5.41, 5.74) is 2.70. The molecule has 6 rings (SSSR count). The van der Waals surface area contributed by atoms with Crippen LogP contribution in [0, 0.1) is 0 Å². The molecule has 188 valence electrons. The number of carbonyl (C=O) groups excluding carboxylic acids is 1. The number of aromatic nitrogens is 5. The van der Waals surface area contributed by atoms with Crippen LogP contribution in [0.4, 0.5) is 10.1 Å². The van der Waals surface area contributed by atoms with Gasteiger partial charge in [-0.3, -0.25) is 9.69 Å². The number of amides is 1. The first-order valence-corrected chi connectivity index (χ1v) is 12.5. The van der Waals surface area contributed by atoms with E-state index in [0.29, 0.717) is 55.8 Å². The van der Waals surface area contributed by atoms with Gasteiger partial charge in [0.1, 0.15) is 29.8 Å². The highest BCUT2D eigenvalue weighted by atomic mass is 19.1. The molecule has 3 aromatic rings. The minimum absolute atomic E-state index is 0.0635. The van der Waals surface area contributed by atoms with Gasteiger partial charge in [0, 0.05) is 49.6 Å². The van der Waals surface area contributed by atoms with Crippen molar-refractivity contribution in [2.24, 2.45) is 7.05 Å². The molecule has 1 unspecified atom stereocenters. The third-order valence-corrected chi connectivity index (χ3v) is 7.57. The Bertz CT molecular complexity index is 1280. The highest BCUT2D eigenvalue weighted by Crippen LogP contribution is 2.39. The van der Waals surface area contributed by atoms with Gasteiger partial charge in [-0.2, -0.15) is 0 Å². The van der Waals surface area contributed by atoms with Crippen LogP contribution in [-0.4, -0.2) is 68.0 Å². The normalized spacial score (nSPS) is 20.4. The molecule has 1 aliphatic carbocycles. The summed E-state index contributed by atoms with van der Waals surface area (Å²) in [7, 11) is 1.93. The second-order valence-electron chi connectivity index (χ2n) is 10.4. The maximum absolute atomic E-state index is 13.4. The molecule has 0 spiro atoms. The quantitative estimate of drug-likeness (QED) is 0.517. The topological polar surface area (TPSA) is 98.1 Å². The summed E-state index contributed by atoms with van der Waals surface area (Å²) in [6.45, 7) is 3.99. The van der Waals surface area contributed by atoms with E-state index in [-0.39, 0.29) is 17.4 Å². The van der Waals surface area contributed by atoms with Gasteiger partial charge in [0.15, 0.2) is 0 Å². The third kappa shape index (κ3) is 4.39. The second kappa shape index (κ2) is 9.01. The predicted octanol–water partition coefficient (Wildman–Crippen LogP) is 2.96. The summed E-state index contributed by atoms with van der Waals surface area (Å²) in [6, 6.07) is 9.58. The zero-order chi connectivity index (χ0) is 24.9. The maximum Gasteiger partial charge on any atom is 0.274 e. The summed E-state index contributed by atoms with van der Waals surface area (Å²) < 4.78 is 20.9. The molecule has 1 aromatic carbocycles. The van der Waals surface area contributed by atoms with Crippen LogP contribution in [0.2, 0.25) is 0 Å². The molecule has 2 aliphatic heterocycles. The van der Waals surface area contributed by atoms with Gasteiger partial charge >= 0.3 is 0 Å². The van der Waals surface area contributed by atoms with Gasteiger partial charge < -0.3 is 14.6 Å². The summed E-state index contributed by atoms with van der Waals surface area (Å²) in [5.74, 6) is 1.63. The largest absolute Gasteiger partial charge is 0.379 e. The zero-order valence-corrected chi connectivity index (χ0v) is 20.5. The number of rotatable bonds is 8. The lowest BCUT2D eigenvalue weighted by atomic mass is 9.75. The van der Waals surface area contributed by atoms with E-state index in [0.717, 1.165) is 29.9 Å². The molecule has 0 radical (unpaired) electrons. The predicted molar refractivity (Wildman–Crippen MR) is 130 cm³/mol. The fraction of sp³-hybridized carbons (Fsp3) is 0.500. The van der Waals surface area contributed by atoms with Gasteiger partial charge in [-0.05, 0) is 43.5 Å². The van der Waals surface area contributed by atoms with E-state index in [2.05, 4.69) is 26.6 Å². The van der Waals surface area contributed by atoms with Crippen LogP contribution in [0.3, 0.4) is 0 Å². The molecule has 10 heteroatoms. The summed E-state index contributed by atoms with van der Waals surface area (Å²) >= 11 is 0. The Labute approximate surface area is 209 Å². The first-order valence-electron chi connectivity index (χ1n) is 12.5. The summed E-state index contributed by atoms with van der Waals surface area (Å²) in [4.78, 5) is 24.7. The SMILES string of the molecule is CC(c1cc(C(=O)Nc2cccc(C3(Cc4nncn4C)COC3)c2)nc(C2CC2)n1)N1CC(F)C1. The lowest BCUT2D eigenvalue weighted by molar-refractivity contribution is -0.0610. The van der Waals surface area contributed by atoms with Crippen LogP contribution >= 0.6 is 0 Å². The Balaban J connectivity index is 1.23. The van der Waals surface area contributed by atoms with E-state index < -0.39 is 6.17 Å². The van der Waals surface area contributed by atoms with Crippen LogP contribution in [0.1, 0.15) is 65.1 Å². The molecule has 9 nitrogen and oxygen atoms in total. The molecule has 0 bridgehead atoms. The number of nitrogens with one attached hydrogen (secondary N) is 1. The molecule has 1 atom stereocenters. The number of hydrogen-bond acceptors (Lipinski definition) is 7. The fourth-order valence-electron chi connectivity index (χ4n) is 4.91. The average Bonchev–Trinajstić information content (AvgIpc) is 3.61. The molecule has 3 fully saturated rings. The van der Waals surface area contributed by atoms with E-state index in [1.165, 1.54) is 0 Å². The maximum atomic E-state index is 13.4. The van der Waals surface area contributed by atoms with Crippen molar-refractivity contribution in [3.05, 3.63) is 65.3 Å². The zero-order valence-electron chi connectivity index (χ0n) is 20.5. The van der Waals surface area contributed by atoms with Gasteiger partial charge in [-0.1, -0.05) is 12.1 Å². The second-order valence-corrected chi connectivity index (χ2v) is 10.4. The summed E-state index contributed by atoms with van der Waals surface area (Å²) in [6.07, 6.45) is 3.68. The lowest BCUT2D eigenvalue weighted by Gasteiger charge is -2.41. The number of nitrogens with zero attached hydrogens (tertiary/aromatic N) is 6. The van der Waals surface area contributed by atoms with Crippen LogP contribution < -0.4 is 5.32 Å². The smallest absolute Gasteiger partial charge is 0.274 e. The number of ether oxygens (including phenoxy) is 1. The first-order chi connectivity index (χ1) is 17.4. The van der Waals surface area contributed by atoms with Gasteiger partial charge in [0.05, 0.1) is 18.9 Å². The molecular formula is C26H30FN7O2. The number of alkyl halides is 1. The van der Waals surface area contributed by atoms with Crippen molar-refractivity contribution in [1.29, 1.82) is 0 Å². The third-order valence-electron chi connectivity index (χ3n) is 7.57. The number of likely N-dealkylation sites (tertiary alicyclic amines) is 1. The van der Waals surface area contributed by atoms with Crippen LogP contribution in [-0.2, 0) is 23.6 Å². The van der Waals surface area contributed by atoms with E-state index >= 15 is 0 Å². The monoisotopic (exact) mass is 491 g/mol. The molecular weight excluding hydrogens is 461 g/mol. The molecule has 36 heavy (non-hydrogen) atoms. The highest BCUT2D eigenvalue weighted by molar-refractivity contribution is 6.03. The van der Waals surface area contributed by atoms with Crippen LogP contribution in [0.25, 0.3) is 0 Å². The van der Waals surface area contributed by atoms with Crippen molar-refractivity contribution in [2.75, 3.05) is 31.6 Å². The molecule has 2 aromatic heterocycles. The molecule has 3 aliphatic rings. The lowest BCUT2D eigenvalue weighted by Crippen LogP contribution is -2.49. The van der Waals surface area contributed by atoms with Gasteiger partial charge in [0.2, 0.25) is 0 Å². The Morgan fingerprint density at radius 3 is 2.69 bits per heavy atom. The van der Waals surface area contributed by atoms with E-state index in [1.807, 2.05) is 41.6 Å². The molecule has 1 saturated carbocycles. The molecule has 1 N–H and O–H groups in total. The van der Waals surface area contributed by atoms with Crippen LogP contribution in [0.15, 0.2) is 36.7 Å². The number of carbonyl (C=O) groups is 1. The Morgan fingerprint density at radius 1 is 1.25 bits per heavy atom. The number of hydrogen-bond donors (Lipinski definition) is 1. The van der Waals surface area contributed by atoms with Crippen molar-refractivity contribution in [1.82, 2.24) is 29.6 Å². The van der Waals surface area contributed by atoms with Crippen molar-refractivity contribution in [3.63, 3.8) is 0 Å². The van der Waals surface area contributed by atoms with Crippen LogP contribution in [0.5, 0.6) is 0 Å². The molecule has 4 heterocycles. The van der Waals surface area contributed by atoms with Gasteiger partial charge in [0.25, 0.3) is 5.91 Å². The summed E-state index contributed by atoms with van der Waals surface area (Å²) in [5, 5.41) is 11.3. The number of aryl methyl sites for hydroxylation is 1. The fourth-order valence-corrected chi connectivity index (χ4v) is 4.91. The highest BCUT2D eigenvalue weighted by Gasteiger charge is 2.42. The number of anilines is 1.